The number of aromatic nitrogens is 2. The van der Waals surface area contributed by atoms with Crippen molar-refractivity contribution in [2.24, 2.45) is 5.73 Å². The van der Waals surface area contributed by atoms with E-state index in [0.717, 1.165) is 31.7 Å². The average Bonchev–Trinajstić information content (AvgIpc) is 2.60. The van der Waals surface area contributed by atoms with E-state index in [9.17, 15) is 0 Å². The first-order valence-corrected chi connectivity index (χ1v) is 7.39. The number of anilines is 1. The summed E-state index contributed by atoms with van der Waals surface area (Å²) in [6.07, 6.45) is 5.05. The normalized spacial score (nSPS) is 9.04. The third-order valence-corrected chi connectivity index (χ3v) is 2.91. The highest BCUT2D eigenvalue weighted by Crippen LogP contribution is 2.04. The van der Waals surface area contributed by atoms with Crippen LogP contribution in [-0.4, -0.2) is 23.1 Å². The summed E-state index contributed by atoms with van der Waals surface area (Å²) in [5, 5.41) is 20.4. The highest BCUT2D eigenvalue weighted by atomic mass is 35.5. The highest BCUT2D eigenvalue weighted by molar-refractivity contribution is 6.29. The van der Waals surface area contributed by atoms with E-state index in [1.807, 2.05) is 12.1 Å². The molecule has 3 N–H and O–H groups in total. The fraction of sp³-hybridized carbons (Fsp3) is 0.250. The van der Waals surface area contributed by atoms with Gasteiger partial charge in [0, 0.05) is 18.9 Å². The van der Waals surface area contributed by atoms with Crippen LogP contribution in [0.2, 0.25) is 5.15 Å². The number of hydrogen-bond acceptors (Lipinski definition) is 6. The van der Waals surface area contributed by atoms with Gasteiger partial charge in [-0.05, 0) is 43.7 Å². The van der Waals surface area contributed by atoms with Gasteiger partial charge in [0.1, 0.15) is 23.1 Å². The second-order valence-corrected chi connectivity index (χ2v) is 4.84. The van der Waals surface area contributed by atoms with Crippen molar-refractivity contribution in [1.29, 1.82) is 10.5 Å². The number of nitrogens with one attached hydrogen (secondary N) is 1. The summed E-state index contributed by atoms with van der Waals surface area (Å²) < 4.78 is 0. The van der Waals surface area contributed by atoms with Gasteiger partial charge in [-0.3, -0.25) is 0 Å². The van der Waals surface area contributed by atoms with E-state index in [0.29, 0.717) is 16.3 Å². The van der Waals surface area contributed by atoms with Crippen LogP contribution < -0.4 is 11.1 Å². The van der Waals surface area contributed by atoms with E-state index in [2.05, 4.69) is 15.3 Å². The first-order valence-electron chi connectivity index (χ1n) is 7.01. The molecular weight excluding hydrogens is 312 g/mol. The molecule has 2 aromatic heterocycles. The summed E-state index contributed by atoms with van der Waals surface area (Å²) in [7, 11) is 0. The van der Waals surface area contributed by atoms with Crippen molar-refractivity contribution in [3.8, 4) is 12.1 Å². The minimum absolute atomic E-state index is 0.411. The predicted octanol–water partition coefficient (Wildman–Crippen LogP) is 2.71. The molecule has 0 fully saturated rings. The van der Waals surface area contributed by atoms with Crippen molar-refractivity contribution in [1.82, 2.24) is 9.97 Å². The minimum atomic E-state index is 0.411. The Morgan fingerprint density at radius 1 is 1.00 bits per heavy atom. The maximum absolute atomic E-state index is 8.55. The van der Waals surface area contributed by atoms with Gasteiger partial charge in [0.05, 0.1) is 11.1 Å². The van der Waals surface area contributed by atoms with Gasteiger partial charge in [0.15, 0.2) is 0 Å². The van der Waals surface area contributed by atoms with Crippen molar-refractivity contribution in [2.45, 2.75) is 12.8 Å². The Bertz CT molecular complexity index is 655. The number of nitrogens with two attached hydrogens (primary N) is 1. The lowest BCUT2D eigenvalue weighted by molar-refractivity contribution is 0.772. The lowest BCUT2D eigenvalue weighted by Crippen LogP contribution is -2.06. The van der Waals surface area contributed by atoms with Crippen LogP contribution in [0.1, 0.15) is 24.0 Å². The molecule has 0 saturated carbocycles. The first-order chi connectivity index (χ1) is 11.2. The molecule has 0 amide bonds. The molecule has 0 atom stereocenters. The van der Waals surface area contributed by atoms with Crippen molar-refractivity contribution in [3.05, 3.63) is 52.9 Å². The molecule has 0 spiro atoms. The van der Waals surface area contributed by atoms with Crippen LogP contribution in [0.25, 0.3) is 0 Å². The highest BCUT2D eigenvalue weighted by Gasteiger charge is 1.93. The van der Waals surface area contributed by atoms with E-state index in [4.69, 9.17) is 27.9 Å². The van der Waals surface area contributed by atoms with Crippen LogP contribution in [0.4, 0.5) is 5.82 Å². The van der Waals surface area contributed by atoms with Gasteiger partial charge in [0.2, 0.25) is 0 Å². The van der Waals surface area contributed by atoms with E-state index in [1.54, 1.807) is 30.5 Å². The van der Waals surface area contributed by atoms with Crippen molar-refractivity contribution >= 4 is 17.4 Å². The zero-order chi connectivity index (χ0) is 16.9. The summed E-state index contributed by atoms with van der Waals surface area (Å²) in [5.41, 5.74) is 6.47. The summed E-state index contributed by atoms with van der Waals surface area (Å²) in [5.74, 6) is 0.807. The largest absolute Gasteiger partial charge is 0.370 e. The van der Waals surface area contributed by atoms with Crippen LogP contribution in [0, 0.1) is 22.7 Å². The molecule has 2 heterocycles. The lowest BCUT2D eigenvalue weighted by atomic mass is 10.3. The van der Waals surface area contributed by atoms with Crippen LogP contribution in [0.3, 0.4) is 0 Å². The molecule has 0 aliphatic carbocycles. The third-order valence-electron chi connectivity index (χ3n) is 2.69. The lowest BCUT2D eigenvalue weighted by Gasteiger charge is -2.03. The number of nitriles is 2. The number of pyridine rings is 2. The SMILES string of the molecule is N#Cc1ccc(Cl)nc1.N#Cc1ccc(NCCCCN)nc1. The molecule has 2 rings (SSSR count). The quantitative estimate of drug-likeness (QED) is 0.644. The van der Waals surface area contributed by atoms with Crippen molar-refractivity contribution in [3.63, 3.8) is 0 Å². The molecule has 0 aliphatic heterocycles. The molecule has 0 bridgehead atoms. The van der Waals surface area contributed by atoms with Crippen LogP contribution in [0.5, 0.6) is 0 Å². The standard InChI is InChI=1S/C10H14N4.C6H3ClN2/c11-5-1-2-6-13-10-4-3-9(7-12)8-14-10;7-6-2-1-5(3-8)4-9-6/h3-4,8H,1-2,5-6,11H2,(H,13,14);1-2,4H. The van der Waals surface area contributed by atoms with E-state index in [1.165, 1.54) is 6.20 Å². The van der Waals surface area contributed by atoms with Gasteiger partial charge in [-0.25, -0.2) is 9.97 Å². The maximum Gasteiger partial charge on any atom is 0.129 e. The topological polar surface area (TPSA) is 111 Å². The summed E-state index contributed by atoms with van der Waals surface area (Å²) in [4.78, 5) is 7.78. The van der Waals surface area contributed by atoms with E-state index in [-0.39, 0.29) is 0 Å². The second kappa shape index (κ2) is 11.0. The second-order valence-electron chi connectivity index (χ2n) is 4.45. The van der Waals surface area contributed by atoms with Crippen LogP contribution in [0.15, 0.2) is 36.7 Å². The molecule has 6 nitrogen and oxygen atoms in total. The predicted molar refractivity (Wildman–Crippen MR) is 89.7 cm³/mol. The number of hydrogen-bond donors (Lipinski definition) is 2. The summed E-state index contributed by atoms with van der Waals surface area (Å²) >= 11 is 5.45. The Kier molecular flexibility index (Phi) is 8.77. The average molecular weight is 329 g/mol. The Hall–Kier alpha value is -2.67. The molecule has 0 saturated heterocycles. The molecule has 0 unspecified atom stereocenters. The zero-order valence-electron chi connectivity index (χ0n) is 12.5. The van der Waals surface area contributed by atoms with Gasteiger partial charge in [-0.2, -0.15) is 10.5 Å². The summed E-state index contributed by atoms with van der Waals surface area (Å²) in [6, 6.07) is 10.7. The van der Waals surface area contributed by atoms with E-state index < -0.39 is 0 Å². The van der Waals surface area contributed by atoms with Crippen LogP contribution in [-0.2, 0) is 0 Å². The molecule has 0 aliphatic rings. The number of rotatable bonds is 5. The molecule has 0 radical (unpaired) electrons. The van der Waals surface area contributed by atoms with Crippen molar-refractivity contribution in [2.75, 3.05) is 18.4 Å². The van der Waals surface area contributed by atoms with Crippen molar-refractivity contribution < 1.29 is 0 Å². The van der Waals surface area contributed by atoms with Gasteiger partial charge < -0.3 is 11.1 Å². The number of unbranched alkanes of at least 4 members (excludes halogenated alkanes) is 1. The smallest absolute Gasteiger partial charge is 0.129 e. The number of nitrogens with zero attached hydrogens (tertiary/aromatic N) is 4. The van der Waals surface area contributed by atoms with Crippen LogP contribution >= 0.6 is 11.6 Å². The fourth-order valence-electron chi connectivity index (χ4n) is 1.49. The summed E-state index contributed by atoms with van der Waals surface area (Å²) in [6.45, 7) is 1.60. The molecule has 0 aromatic carbocycles. The monoisotopic (exact) mass is 328 g/mol. The van der Waals surface area contributed by atoms with Gasteiger partial charge in [-0.1, -0.05) is 11.6 Å². The Morgan fingerprint density at radius 2 is 1.65 bits per heavy atom. The Morgan fingerprint density at radius 3 is 2.13 bits per heavy atom. The van der Waals surface area contributed by atoms with Gasteiger partial charge in [-0.15, -0.1) is 0 Å². The zero-order valence-corrected chi connectivity index (χ0v) is 13.3. The number of halogens is 1. The third kappa shape index (κ3) is 7.77. The Balaban J connectivity index is 0.000000253. The maximum atomic E-state index is 8.55. The van der Waals surface area contributed by atoms with Gasteiger partial charge >= 0.3 is 0 Å². The molecule has 23 heavy (non-hydrogen) atoms. The first kappa shape index (κ1) is 18.4. The Labute approximate surface area is 140 Å². The molecule has 118 valence electrons. The molecule has 2 aromatic rings. The minimum Gasteiger partial charge on any atom is -0.370 e. The van der Waals surface area contributed by atoms with Gasteiger partial charge in [0.25, 0.3) is 0 Å². The molecule has 7 heteroatoms. The van der Waals surface area contributed by atoms with E-state index >= 15 is 0 Å². The molecular formula is C16H17ClN6. The fourth-order valence-corrected chi connectivity index (χ4v) is 1.60.